The largest absolute Gasteiger partial charge is 0.490 e. The van der Waals surface area contributed by atoms with Crippen LogP contribution in [0.25, 0.3) is 0 Å². The van der Waals surface area contributed by atoms with Gasteiger partial charge in [-0.2, -0.15) is 5.10 Å². The molecule has 0 spiro atoms. The van der Waals surface area contributed by atoms with E-state index in [0.29, 0.717) is 28.5 Å². The maximum absolute atomic E-state index is 12.2. The molecule has 6 nitrogen and oxygen atoms in total. The van der Waals surface area contributed by atoms with Gasteiger partial charge in [-0.15, -0.1) is 22.7 Å². The third kappa shape index (κ3) is 5.51. The molecule has 2 heterocycles. The molecule has 3 aromatic rings. The number of hydrogen-bond donors (Lipinski definition) is 1. The van der Waals surface area contributed by atoms with E-state index in [1.807, 2.05) is 29.8 Å². The van der Waals surface area contributed by atoms with Gasteiger partial charge in [0.15, 0.2) is 11.5 Å². The number of ether oxygens (including phenoxy) is 2. The lowest BCUT2D eigenvalue weighted by Crippen LogP contribution is -2.19. The van der Waals surface area contributed by atoms with Crippen molar-refractivity contribution in [3.63, 3.8) is 0 Å². The minimum absolute atomic E-state index is 0.190. The molecule has 144 valence electrons. The highest BCUT2D eigenvalue weighted by molar-refractivity contribution is 7.12. The highest BCUT2D eigenvalue weighted by Crippen LogP contribution is 2.29. The minimum Gasteiger partial charge on any atom is -0.490 e. The van der Waals surface area contributed by atoms with Crippen LogP contribution in [0.2, 0.25) is 0 Å². The van der Waals surface area contributed by atoms with Crippen LogP contribution < -0.4 is 14.9 Å². The second kappa shape index (κ2) is 9.82. The molecule has 3 rings (SSSR count). The van der Waals surface area contributed by atoms with Crippen LogP contribution in [0, 0.1) is 0 Å². The fourth-order valence-electron chi connectivity index (χ4n) is 2.29. The van der Waals surface area contributed by atoms with E-state index in [2.05, 4.69) is 10.5 Å². The van der Waals surface area contributed by atoms with Gasteiger partial charge in [0.05, 0.1) is 19.2 Å². The Kier molecular flexibility index (Phi) is 6.94. The maximum Gasteiger partial charge on any atom is 0.353 e. The molecule has 8 heteroatoms. The van der Waals surface area contributed by atoms with Crippen molar-refractivity contribution < 1.29 is 19.1 Å². The number of hydrazone groups is 1. The first-order chi connectivity index (χ1) is 13.7. The van der Waals surface area contributed by atoms with Crippen LogP contribution in [0.5, 0.6) is 11.5 Å². The summed E-state index contributed by atoms with van der Waals surface area (Å²) in [6, 6.07) is 12.4. The molecule has 0 saturated heterocycles. The van der Waals surface area contributed by atoms with Gasteiger partial charge in [0.1, 0.15) is 4.88 Å². The Balaban J connectivity index is 1.64. The Morgan fingerprint density at radius 3 is 2.64 bits per heavy atom. The van der Waals surface area contributed by atoms with Crippen molar-refractivity contribution in [2.75, 3.05) is 6.61 Å². The third-order valence-electron chi connectivity index (χ3n) is 3.51. The van der Waals surface area contributed by atoms with E-state index in [0.717, 1.165) is 4.88 Å². The molecule has 1 amide bonds. The van der Waals surface area contributed by atoms with E-state index < -0.39 is 5.97 Å². The lowest BCUT2D eigenvalue weighted by atomic mass is 10.2. The van der Waals surface area contributed by atoms with Gasteiger partial charge in [0, 0.05) is 4.88 Å². The van der Waals surface area contributed by atoms with Gasteiger partial charge in [-0.05, 0) is 53.6 Å². The average molecular weight is 415 g/mol. The number of thiophene rings is 2. The minimum atomic E-state index is -0.432. The number of hydrogen-bond acceptors (Lipinski definition) is 7. The molecule has 0 saturated carbocycles. The van der Waals surface area contributed by atoms with Crippen molar-refractivity contribution in [2.24, 2.45) is 5.10 Å². The van der Waals surface area contributed by atoms with E-state index in [9.17, 15) is 9.59 Å². The number of benzene rings is 1. The number of carbonyl (C=O) groups excluding carboxylic acids is 2. The molecule has 0 radical (unpaired) electrons. The molecule has 28 heavy (non-hydrogen) atoms. The lowest BCUT2D eigenvalue weighted by Gasteiger charge is -2.10. The molecule has 0 fully saturated rings. The molecule has 0 bridgehead atoms. The van der Waals surface area contributed by atoms with Gasteiger partial charge < -0.3 is 9.47 Å². The molecule has 1 N–H and O–H groups in total. The zero-order valence-corrected chi connectivity index (χ0v) is 16.7. The predicted octanol–water partition coefficient (Wildman–Crippen LogP) is 4.12. The molecule has 0 aliphatic rings. The lowest BCUT2D eigenvalue weighted by molar-refractivity contribution is -0.120. The van der Waals surface area contributed by atoms with Crippen LogP contribution in [-0.2, 0) is 11.2 Å². The Labute approximate surface area is 170 Å². The maximum atomic E-state index is 12.2. The average Bonchev–Trinajstić information content (AvgIpc) is 3.38. The van der Waals surface area contributed by atoms with Crippen molar-refractivity contribution in [1.29, 1.82) is 0 Å². The third-order valence-corrected chi connectivity index (χ3v) is 5.24. The second-order valence-electron chi connectivity index (χ2n) is 5.56. The molecule has 0 unspecified atom stereocenters. The van der Waals surface area contributed by atoms with Crippen LogP contribution in [0.4, 0.5) is 0 Å². The van der Waals surface area contributed by atoms with Crippen LogP contribution in [0.3, 0.4) is 0 Å². The number of nitrogens with one attached hydrogen (secondary N) is 1. The molecule has 0 atom stereocenters. The first-order valence-corrected chi connectivity index (χ1v) is 10.3. The Morgan fingerprint density at radius 1 is 1.11 bits per heavy atom. The predicted molar refractivity (Wildman–Crippen MR) is 111 cm³/mol. The quantitative estimate of drug-likeness (QED) is 0.260. The smallest absolute Gasteiger partial charge is 0.353 e. The summed E-state index contributed by atoms with van der Waals surface area (Å²) >= 11 is 2.84. The zero-order valence-electron chi connectivity index (χ0n) is 15.1. The summed E-state index contributed by atoms with van der Waals surface area (Å²) in [6.07, 6.45) is 1.80. The molecule has 0 aliphatic heterocycles. The van der Waals surface area contributed by atoms with Crippen molar-refractivity contribution in [3.8, 4) is 11.5 Å². The van der Waals surface area contributed by atoms with E-state index in [1.54, 1.807) is 30.3 Å². The number of carbonyl (C=O) groups is 2. The van der Waals surface area contributed by atoms with Crippen molar-refractivity contribution in [1.82, 2.24) is 5.43 Å². The summed E-state index contributed by atoms with van der Waals surface area (Å²) in [7, 11) is 0. The van der Waals surface area contributed by atoms with Gasteiger partial charge in [-0.3, -0.25) is 4.79 Å². The van der Waals surface area contributed by atoms with Crippen LogP contribution in [0.1, 0.15) is 27.0 Å². The molecule has 1 aromatic carbocycles. The molecular formula is C20H18N2O4S2. The van der Waals surface area contributed by atoms with Crippen molar-refractivity contribution in [2.45, 2.75) is 13.3 Å². The van der Waals surface area contributed by atoms with Gasteiger partial charge in [0.25, 0.3) is 0 Å². The Bertz CT molecular complexity index is 951. The van der Waals surface area contributed by atoms with E-state index >= 15 is 0 Å². The van der Waals surface area contributed by atoms with Gasteiger partial charge in [0.2, 0.25) is 5.91 Å². The fraction of sp³-hybridized carbons (Fsp3) is 0.150. The number of esters is 1. The molecule has 0 aliphatic carbocycles. The van der Waals surface area contributed by atoms with Crippen LogP contribution >= 0.6 is 22.7 Å². The number of rotatable bonds is 8. The SMILES string of the molecule is CCOc1cc(C=NNC(=O)Cc2cccs2)ccc1OC(=O)c1cccs1. The Hall–Kier alpha value is -2.97. The Morgan fingerprint density at radius 2 is 1.93 bits per heavy atom. The topological polar surface area (TPSA) is 77.0 Å². The van der Waals surface area contributed by atoms with Crippen molar-refractivity contribution in [3.05, 3.63) is 68.5 Å². The number of amides is 1. The number of nitrogens with zero attached hydrogens (tertiary/aromatic N) is 1. The van der Waals surface area contributed by atoms with Gasteiger partial charge in [-0.1, -0.05) is 12.1 Å². The summed E-state index contributed by atoms with van der Waals surface area (Å²) in [4.78, 5) is 25.5. The summed E-state index contributed by atoms with van der Waals surface area (Å²) in [6.45, 7) is 2.26. The fourth-order valence-corrected chi connectivity index (χ4v) is 3.59. The van der Waals surface area contributed by atoms with Gasteiger partial charge in [-0.25, -0.2) is 10.2 Å². The highest BCUT2D eigenvalue weighted by Gasteiger charge is 2.14. The van der Waals surface area contributed by atoms with E-state index in [-0.39, 0.29) is 12.3 Å². The molecular weight excluding hydrogens is 396 g/mol. The molecule has 2 aromatic heterocycles. The van der Waals surface area contributed by atoms with Gasteiger partial charge >= 0.3 is 5.97 Å². The summed E-state index contributed by atoms with van der Waals surface area (Å²) < 4.78 is 11.0. The van der Waals surface area contributed by atoms with Crippen LogP contribution in [-0.4, -0.2) is 24.7 Å². The first-order valence-electron chi connectivity index (χ1n) is 8.52. The zero-order chi connectivity index (χ0) is 19.8. The second-order valence-corrected chi connectivity index (χ2v) is 7.54. The first kappa shape index (κ1) is 19.8. The van der Waals surface area contributed by atoms with E-state index in [1.165, 1.54) is 28.9 Å². The summed E-state index contributed by atoms with van der Waals surface area (Å²) in [5, 5.41) is 7.71. The standard InChI is InChI=1S/C20H18N2O4S2/c1-2-25-17-11-14(13-21-22-19(23)12-15-5-3-9-27-15)7-8-16(17)26-20(24)18-6-4-10-28-18/h3-11,13H,2,12H2,1H3,(H,22,23). The monoisotopic (exact) mass is 414 g/mol. The summed E-state index contributed by atoms with van der Waals surface area (Å²) in [5.41, 5.74) is 3.20. The highest BCUT2D eigenvalue weighted by atomic mass is 32.1. The van der Waals surface area contributed by atoms with E-state index in [4.69, 9.17) is 9.47 Å². The van der Waals surface area contributed by atoms with Crippen molar-refractivity contribution >= 4 is 40.8 Å². The van der Waals surface area contributed by atoms with Crippen LogP contribution in [0.15, 0.2) is 58.3 Å². The summed E-state index contributed by atoms with van der Waals surface area (Å²) in [5.74, 6) is 0.142. The normalized spacial score (nSPS) is 10.8.